The van der Waals surface area contributed by atoms with Gasteiger partial charge >= 0.3 is 5.97 Å². The molecule has 0 aliphatic carbocycles. The molecule has 1 heterocycles. The molecule has 1 aromatic carbocycles. The fourth-order valence-electron chi connectivity index (χ4n) is 1.55. The fraction of sp³-hybridized carbons (Fsp3) is 0.231. The normalized spacial score (nSPS) is 10.2. The summed E-state index contributed by atoms with van der Waals surface area (Å²) in [4.78, 5) is 10.7. The molecule has 0 saturated carbocycles. The monoisotopic (exact) mass is 261 g/mol. The smallest absolute Gasteiger partial charge is 0.335 e. The highest BCUT2D eigenvalue weighted by Crippen LogP contribution is 2.12. The Bertz CT molecular complexity index is 549. The molecule has 0 fully saturated rings. The standard InChI is InChI=1S/C13H15N3O3/c1-16-8-6-12(15-16)14-7-9-19-11-4-2-10(3-5-11)13(17)18/h2-6,8H,7,9H2,1H3,(H,14,15)(H,17,18). The molecule has 2 aromatic rings. The minimum absolute atomic E-state index is 0.249. The van der Waals surface area contributed by atoms with Crippen molar-refractivity contribution in [3.05, 3.63) is 42.1 Å². The molecule has 6 heteroatoms. The zero-order valence-electron chi connectivity index (χ0n) is 10.5. The molecular weight excluding hydrogens is 246 g/mol. The highest BCUT2D eigenvalue weighted by molar-refractivity contribution is 5.87. The van der Waals surface area contributed by atoms with Crippen LogP contribution in [0, 0.1) is 0 Å². The average Bonchev–Trinajstić information content (AvgIpc) is 2.81. The molecule has 0 bridgehead atoms. The van der Waals surface area contributed by atoms with E-state index in [2.05, 4.69) is 10.4 Å². The Hall–Kier alpha value is -2.50. The molecular formula is C13H15N3O3. The number of anilines is 1. The van der Waals surface area contributed by atoms with Gasteiger partial charge in [-0.1, -0.05) is 0 Å². The van der Waals surface area contributed by atoms with Crippen molar-refractivity contribution in [2.75, 3.05) is 18.5 Å². The van der Waals surface area contributed by atoms with Crippen molar-refractivity contribution >= 4 is 11.8 Å². The van der Waals surface area contributed by atoms with Crippen molar-refractivity contribution < 1.29 is 14.6 Å². The molecule has 19 heavy (non-hydrogen) atoms. The van der Waals surface area contributed by atoms with E-state index >= 15 is 0 Å². The molecule has 1 aromatic heterocycles. The van der Waals surface area contributed by atoms with Crippen LogP contribution < -0.4 is 10.1 Å². The highest BCUT2D eigenvalue weighted by atomic mass is 16.5. The van der Waals surface area contributed by atoms with E-state index in [0.29, 0.717) is 18.9 Å². The van der Waals surface area contributed by atoms with Crippen molar-refractivity contribution in [2.45, 2.75) is 0 Å². The van der Waals surface area contributed by atoms with E-state index < -0.39 is 5.97 Å². The SMILES string of the molecule is Cn1ccc(NCCOc2ccc(C(=O)O)cc2)n1. The number of carboxylic acids is 1. The number of carboxylic acid groups (broad SMARTS) is 1. The molecule has 0 spiro atoms. The Morgan fingerprint density at radius 1 is 1.37 bits per heavy atom. The molecule has 100 valence electrons. The summed E-state index contributed by atoms with van der Waals surface area (Å²) < 4.78 is 7.20. The molecule has 0 aliphatic heterocycles. The van der Waals surface area contributed by atoms with Crippen LogP contribution in [0.4, 0.5) is 5.82 Å². The number of aromatic nitrogens is 2. The second-order valence-electron chi connectivity index (χ2n) is 3.98. The molecule has 0 amide bonds. The Kier molecular flexibility index (Phi) is 4.02. The number of rotatable bonds is 6. The van der Waals surface area contributed by atoms with Crippen LogP contribution in [-0.4, -0.2) is 34.0 Å². The minimum atomic E-state index is -0.941. The number of carbonyl (C=O) groups is 1. The highest BCUT2D eigenvalue weighted by Gasteiger charge is 2.02. The van der Waals surface area contributed by atoms with Crippen LogP contribution >= 0.6 is 0 Å². The van der Waals surface area contributed by atoms with Crippen molar-refractivity contribution in [3.8, 4) is 5.75 Å². The van der Waals surface area contributed by atoms with E-state index in [-0.39, 0.29) is 5.56 Å². The molecule has 0 saturated heterocycles. The van der Waals surface area contributed by atoms with Crippen molar-refractivity contribution in [1.82, 2.24) is 9.78 Å². The first kappa shape index (κ1) is 12.9. The molecule has 0 unspecified atom stereocenters. The van der Waals surface area contributed by atoms with Crippen LogP contribution in [0.1, 0.15) is 10.4 Å². The van der Waals surface area contributed by atoms with Gasteiger partial charge in [0.05, 0.1) is 12.1 Å². The minimum Gasteiger partial charge on any atom is -0.492 e. The predicted octanol–water partition coefficient (Wildman–Crippen LogP) is 1.61. The largest absolute Gasteiger partial charge is 0.492 e. The number of ether oxygens (including phenoxy) is 1. The Morgan fingerprint density at radius 3 is 2.68 bits per heavy atom. The van der Waals surface area contributed by atoms with Crippen LogP contribution in [0.2, 0.25) is 0 Å². The summed E-state index contributed by atoms with van der Waals surface area (Å²) in [6.45, 7) is 1.10. The van der Waals surface area contributed by atoms with Gasteiger partial charge in [0.1, 0.15) is 18.2 Å². The number of benzene rings is 1. The summed E-state index contributed by atoms with van der Waals surface area (Å²) in [7, 11) is 1.85. The van der Waals surface area contributed by atoms with Gasteiger partial charge < -0.3 is 15.2 Å². The van der Waals surface area contributed by atoms with Gasteiger partial charge in [0.2, 0.25) is 0 Å². The zero-order chi connectivity index (χ0) is 13.7. The Balaban J connectivity index is 1.75. The van der Waals surface area contributed by atoms with Gasteiger partial charge in [-0.15, -0.1) is 0 Å². The molecule has 2 N–H and O–H groups in total. The average molecular weight is 261 g/mol. The summed E-state index contributed by atoms with van der Waals surface area (Å²) in [5.41, 5.74) is 0.249. The maximum absolute atomic E-state index is 10.7. The van der Waals surface area contributed by atoms with Gasteiger partial charge in [-0.05, 0) is 24.3 Å². The summed E-state index contributed by atoms with van der Waals surface area (Å²) in [6.07, 6.45) is 1.85. The van der Waals surface area contributed by atoms with Crippen LogP contribution in [0.3, 0.4) is 0 Å². The number of hydrogen-bond donors (Lipinski definition) is 2. The van der Waals surface area contributed by atoms with E-state index in [1.165, 1.54) is 12.1 Å². The fourth-order valence-corrected chi connectivity index (χ4v) is 1.55. The Labute approximate surface area is 110 Å². The van der Waals surface area contributed by atoms with Gasteiger partial charge in [0.15, 0.2) is 0 Å². The second kappa shape index (κ2) is 5.90. The van der Waals surface area contributed by atoms with Gasteiger partial charge in [-0.3, -0.25) is 4.68 Å². The topological polar surface area (TPSA) is 76.4 Å². The van der Waals surface area contributed by atoms with Gasteiger partial charge in [0, 0.05) is 19.3 Å². The Morgan fingerprint density at radius 2 is 2.11 bits per heavy atom. The maximum Gasteiger partial charge on any atom is 0.335 e. The van der Waals surface area contributed by atoms with Crippen molar-refractivity contribution in [1.29, 1.82) is 0 Å². The van der Waals surface area contributed by atoms with Gasteiger partial charge in [0.25, 0.3) is 0 Å². The number of nitrogens with one attached hydrogen (secondary N) is 1. The van der Waals surface area contributed by atoms with E-state index in [4.69, 9.17) is 9.84 Å². The van der Waals surface area contributed by atoms with Crippen molar-refractivity contribution in [3.63, 3.8) is 0 Å². The second-order valence-corrected chi connectivity index (χ2v) is 3.98. The lowest BCUT2D eigenvalue weighted by atomic mass is 10.2. The number of hydrogen-bond acceptors (Lipinski definition) is 4. The maximum atomic E-state index is 10.7. The van der Waals surface area contributed by atoms with E-state index in [1.54, 1.807) is 16.8 Å². The third-order valence-electron chi connectivity index (χ3n) is 2.49. The number of nitrogens with zero attached hydrogens (tertiary/aromatic N) is 2. The van der Waals surface area contributed by atoms with Crippen LogP contribution in [0.15, 0.2) is 36.5 Å². The number of aryl methyl sites for hydroxylation is 1. The molecule has 0 radical (unpaired) electrons. The lowest BCUT2D eigenvalue weighted by Crippen LogP contribution is -2.12. The summed E-state index contributed by atoms with van der Waals surface area (Å²) in [5.74, 6) is 0.503. The molecule has 0 aliphatic rings. The van der Waals surface area contributed by atoms with Crippen LogP contribution in [0.5, 0.6) is 5.75 Å². The number of aromatic carboxylic acids is 1. The van der Waals surface area contributed by atoms with E-state index in [0.717, 1.165) is 5.82 Å². The molecule has 2 rings (SSSR count). The van der Waals surface area contributed by atoms with Gasteiger partial charge in [-0.25, -0.2) is 4.79 Å². The molecule has 6 nitrogen and oxygen atoms in total. The van der Waals surface area contributed by atoms with Crippen LogP contribution in [0.25, 0.3) is 0 Å². The van der Waals surface area contributed by atoms with Crippen molar-refractivity contribution in [2.24, 2.45) is 7.05 Å². The lowest BCUT2D eigenvalue weighted by Gasteiger charge is -2.07. The third-order valence-corrected chi connectivity index (χ3v) is 2.49. The first-order chi connectivity index (χ1) is 9.15. The summed E-state index contributed by atoms with van der Waals surface area (Å²) in [5, 5.41) is 16.0. The van der Waals surface area contributed by atoms with Crippen LogP contribution in [-0.2, 0) is 7.05 Å². The quantitative estimate of drug-likeness (QED) is 0.772. The van der Waals surface area contributed by atoms with E-state index in [1.807, 2.05) is 19.3 Å². The zero-order valence-corrected chi connectivity index (χ0v) is 10.5. The lowest BCUT2D eigenvalue weighted by molar-refractivity contribution is 0.0697. The first-order valence-corrected chi connectivity index (χ1v) is 5.85. The predicted molar refractivity (Wildman–Crippen MR) is 70.6 cm³/mol. The first-order valence-electron chi connectivity index (χ1n) is 5.85. The molecule has 0 atom stereocenters. The van der Waals surface area contributed by atoms with Gasteiger partial charge in [-0.2, -0.15) is 5.10 Å². The summed E-state index contributed by atoms with van der Waals surface area (Å²) in [6, 6.07) is 8.20. The summed E-state index contributed by atoms with van der Waals surface area (Å²) >= 11 is 0. The third kappa shape index (κ3) is 3.74. The van der Waals surface area contributed by atoms with E-state index in [9.17, 15) is 4.79 Å².